The van der Waals surface area contributed by atoms with Crippen LogP contribution in [0.2, 0.25) is 0 Å². The molecule has 0 saturated carbocycles. The molecule has 6 nitrogen and oxygen atoms in total. The summed E-state index contributed by atoms with van der Waals surface area (Å²) in [6.45, 7) is 0.243. The largest absolute Gasteiger partial charge is 0.483 e. The Bertz CT molecular complexity index is 713. The van der Waals surface area contributed by atoms with E-state index in [1.807, 2.05) is 30.3 Å². The van der Waals surface area contributed by atoms with Gasteiger partial charge in [-0.1, -0.05) is 24.3 Å². The highest BCUT2D eigenvalue weighted by atomic mass is 16.7. The van der Waals surface area contributed by atoms with E-state index in [1.165, 1.54) is 25.3 Å². The third-order valence-corrected chi connectivity index (χ3v) is 3.80. The zero-order chi connectivity index (χ0) is 17.5. The fourth-order valence-electron chi connectivity index (χ4n) is 2.37. The van der Waals surface area contributed by atoms with E-state index in [0.717, 1.165) is 16.3 Å². The number of likely N-dealkylation sites (N-methyl/N-ethyl adjacent to an activating group) is 1. The first kappa shape index (κ1) is 17.9. The first-order chi connectivity index (χ1) is 11.6. The van der Waals surface area contributed by atoms with Gasteiger partial charge in [-0.05, 0) is 17.5 Å². The third kappa shape index (κ3) is 4.10. The van der Waals surface area contributed by atoms with E-state index in [1.54, 1.807) is 13.1 Å². The van der Waals surface area contributed by atoms with E-state index in [2.05, 4.69) is 0 Å². The molecular weight excluding hydrogens is 308 g/mol. The fraction of sp³-hybridized carbons (Fsp3) is 0.333. The van der Waals surface area contributed by atoms with Crippen LogP contribution in [0.5, 0.6) is 5.75 Å². The summed E-state index contributed by atoms with van der Waals surface area (Å²) in [5.41, 5.74) is 0.810. The van der Waals surface area contributed by atoms with Crippen LogP contribution >= 0.6 is 0 Å². The number of hydrogen-bond donors (Lipinski definition) is 1. The number of carbonyl (C=O) groups excluding carboxylic acids is 1. The molecule has 1 amide bonds. The predicted molar refractivity (Wildman–Crippen MR) is 92.8 cm³/mol. The number of nitrogens with zero attached hydrogens (tertiary/aromatic N) is 1. The highest BCUT2D eigenvalue weighted by Crippen LogP contribution is 2.27. The molecule has 0 heterocycles. The molecule has 24 heavy (non-hydrogen) atoms. The maximum absolute atomic E-state index is 12.2. The molecule has 0 atom stereocenters. The Kier molecular flexibility index (Phi) is 6.28. The predicted octanol–water partition coefficient (Wildman–Crippen LogP) is 2.29. The maximum atomic E-state index is 12.2. The Balaban J connectivity index is 2.08. The van der Waals surface area contributed by atoms with Gasteiger partial charge in [0.15, 0.2) is 12.9 Å². The lowest BCUT2D eigenvalue weighted by Crippen LogP contribution is -2.38. The van der Waals surface area contributed by atoms with Gasteiger partial charge in [0.05, 0.1) is 6.54 Å². The van der Waals surface area contributed by atoms with Crippen molar-refractivity contribution in [3.05, 3.63) is 42.0 Å². The summed E-state index contributed by atoms with van der Waals surface area (Å²) in [7, 11) is 4.73. The molecule has 2 rings (SSSR count). The summed E-state index contributed by atoms with van der Waals surface area (Å²) in [6, 6.07) is 11.2. The number of ether oxygens (including phenoxy) is 3. The van der Waals surface area contributed by atoms with Gasteiger partial charge in [-0.25, -0.2) is 0 Å². The molecule has 128 valence electrons. The number of nitrogens with one attached hydrogen (secondary N) is 1. The SMILES string of the molecule is COC(CN(C)C(=O)COc1ccc(C=N)c2ccccc12)OC. The van der Waals surface area contributed by atoms with E-state index in [-0.39, 0.29) is 12.5 Å². The molecule has 6 heteroatoms. The molecular formula is C18H22N2O4. The van der Waals surface area contributed by atoms with E-state index in [9.17, 15) is 4.79 Å². The summed E-state index contributed by atoms with van der Waals surface area (Å²) in [5, 5.41) is 9.27. The fourth-order valence-corrected chi connectivity index (χ4v) is 2.37. The van der Waals surface area contributed by atoms with E-state index in [4.69, 9.17) is 19.6 Å². The number of carbonyl (C=O) groups is 1. The van der Waals surface area contributed by atoms with Crippen molar-refractivity contribution in [1.29, 1.82) is 5.41 Å². The summed E-state index contributed by atoms with van der Waals surface area (Å²) < 4.78 is 15.9. The molecule has 0 aliphatic carbocycles. The van der Waals surface area contributed by atoms with Crippen LogP contribution in [0.25, 0.3) is 10.8 Å². The first-order valence-corrected chi connectivity index (χ1v) is 7.55. The molecule has 1 N–H and O–H groups in total. The molecule has 2 aromatic rings. The van der Waals surface area contributed by atoms with Gasteiger partial charge in [0, 0.05) is 38.4 Å². The van der Waals surface area contributed by atoms with E-state index >= 15 is 0 Å². The van der Waals surface area contributed by atoms with Crippen LogP contribution in [-0.2, 0) is 14.3 Å². The van der Waals surface area contributed by atoms with Gasteiger partial charge in [-0.3, -0.25) is 4.79 Å². The number of fused-ring (bicyclic) bond motifs is 1. The smallest absolute Gasteiger partial charge is 0.260 e. The van der Waals surface area contributed by atoms with Crippen molar-refractivity contribution in [2.45, 2.75) is 6.29 Å². The van der Waals surface area contributed by atoms with E-state index < -0.39 is 6.29 Å². The third-order valence-electron chi connectivity index (χ3n) is 3.80. The number of hydrogen-bond acceptors (Lipinski definition) is 5. The van der Waals surface area contributed by atoms with Crippen LogP contribution in [0.15, 0.2) is 36.4 Å². The normalized spacial score (nSPS) is 10.8. The minimum atomic E-state index is -0.466. The van der Waals surface area contributed by atoms with Crippen molar-refractivity contribution in [2.24, 2.45) is 0 Å². The topological polar surface area (TPSA) is 71.8 Å². The van der Waals surface area contributed by atoms with Gasteiger partial charge in [0.1, 0.15) is 5.75 Å². The monoisotopic (exact) mass is 330 g/mol. The Morgan fingerprint density at radius 1 is 1.17 bits per heavy atom. The summed E-state index contributed by atoms with van der Waals surface area (Å²) >= 11 is 0. The molecule has 0 fully saturated rings. The van der Waals surface area contributed by atoms with Gasteiger partial charge < -0.3 is 24.5 Å². The zero-order valence-electron chi connectivity index (χ0n) is 14.1. The van der Waals surface area contributed by atoms with Crippen LogP contribution in [0, 0.1) is 5.41 Å². The Labute approximate surface area is 141 Å². The molecule has 0 radical (unpaired) electrons. The lowest BCUT2D eigenvalue weighted by atomic mass is 10.0. The highest BCUT2D eigenvalue weighted by molar-refractivity contribution is 6.01. The Morgan fingerprint density at radius 2 is 1.83 bits per heavy atom. The highest BCUT2D eigenvalue weighted by Gasteiger charge is 2.16. The van der Waals surface area contributed by atoms with Crippen molar-refractivity contribution < 1.29 is 19.0 Å². The lowest BCUT2D eigenvalue weighted by molar-refractivity contribution is -0.144. The van der Waals surface area contributed by atoms with Crippen LogP contribution in [0.3, 0.4) is 0 Å². The van der Waals surface area contributed by atoms with Gasteiger partial charge in [0.25, 0.3) is 5.91 Å². The van der Waals surface area contributed by atoms with Gasteiger partial charge in [-0.15, -0.1) is 0 Å². The number of rotatable bonds is 8. The van der Waals surface area contributed by atoms with Crippen molar-refractivity contribution in [3.63, 3.8) is 0 Å². The molecule has 0 aliphatic rings. The Morgan fingerprint density at radius 3 is 2.46 bits per heavy atom. The summed E-state index contributed by atoms with van der Waals surface area (Å²) in [4.78, 5) is 13.7. The van der Waals surface area contributed by atoms with Crippen molar-refractivity contribution in [1.82, 2.24) is 4.90 Å². The molecule has 2 aromatic carbocycles. The van der Waals surface area contributed by atoms with Gasteiger partial charge >= 0.3 is 0 Å². The lowest BCUT2D eigenvalue weighted by Gasteiger charge is -2.22. The quantitative estimate of drug-likeness (QED) is 0.595. The second kappa shape index (κ2) is 8.42. The van der Waals surface area contributed by atoms with Gasteiger partial charge in [0.2, 0.25) is 0 Å². The van der Waals surface area contributed by atoms with Gasteiger partial charge in [-0.2, -0.15) is 0 Å². The second-order valence-corrected chi connectivity index (χ2v) is 5.31. The minimum absolute atomic E-state index is 0.0788. The maximum Gasteiger partial charge on any atom is 0.260 e. The second-order valence-electron chi connectivity index (χ2n) is 5.31. The van der Waals surface area contributed by atoms with Crippen LogP contribution in [0.4, 0.5) is 0 Å². The van der Waals surface area contributed by atoms with Crippen molar-refractivity contribution >= 4 is 22.9 Å². The number of benzene rings is 2. The number of amides is 1. The summed E-state index contributed by atoms with van der Waals surface area (Å²) in [5.74, 6) is 0.447. The van der Waals surface area contributed by atoms with Crippen molar-refractivity contribution in [2.75, 3.05) is 34.4 Å². The first-order valence-electron chi connectivity index (χ1n) is 7.55. The standard InChI is InChI=1S/C18H22N2O4/c1-20(11-18(22-2)23-3)17(21)12-24-16-9-8-13(10-19)14-6-4-5-7-15(14)16/h4-10,18-19H,11-12H2,1-3H3. The average Bonchev–Trinajstić information content (AvgIpc) is 2.63. The average molecular weight is 330 g/mol. The Hall–Kier alpha value is -2.44. The molecule has 0 aliphatic heterocycles. The zero-order valence-corrected chi connectivity index (χ0v) is 14.1. The van der Waals surface area contributed by atoms with Crippen LogP contribution in [0.1, 0.15) is 5.56 Å². The molecule has 0 bridgehead atoms. The molecule has 0 aromatic heterocycles. The van der Waals surface area contributed by atoms with E-state index in [0.29, 0.717) is 12.3 Å². The molecule has 0 unspecified atom stereocenters. The molecule has 0 saturated heterocycles. The minimum Gasteiger partial charge on any atom is -0.483 e. The summed E-state index contributed by atoms with van der Waals surface area (Å²) in [6.07, 6.45) is 0.840. The van der Waals surface area contributed by atoms with Crippen LogP contribution in [-0.4, -0.2) is 57.7 Å². The van der Waals surface area contributed by atoms with Crippen molar-refractivity contribution in [3.8, 4) is 5.75 Å². The van der Waals surface area contributed by atoms with Crippen LogP contribution < -0.4 is 4.74 Å². The number of methoxy groups -OCH3 is 2. The molecule has 0 spiro atoms.